The summed E-state index contributed by atoms with van der Waals surface area (Å²) in [5.74, 6) is -2.91. The number of amides is 1. The number of phenolic OH excluding ortho intramolecular Hbond substituents is 1. The van der Waals surface area contributed by atoms with Crippen molar-refractivity contribution in [2.45, 2.75) is 13.0 Å². The summed E-state index contributed by atoms with van der Waals surface area (Å²) >= 11 is 12.3. The van der Waals surface area contributed by atoms with Gasteiger partial charge in [-0.25, -0.2) is 4.39 Å². The fraction of sp³-hybridized carbons (Fsp3) is 0.154. The number of anilines is 1. The Morgan fingerprint density at radius 1 is 1.06 bits per heavy atom. The van der Waals surface area contributed by atoms with Gasteiger partial charge in [-0.05, 0) is 61.0 Å². The van der Waals surface area contributed by atoms with E-state index in [4.69, 9.17) is 32.7 Å². The summed E-state index contributed by atoms with van der Waals surface area (Å²) in [6.45, 7) is 1.97. The lowest BCUT2D eigenvalue weighted by Gasteiger charge is -2.26. The first-order chi connectivity index (χ1) is 17.2. The standard InChI is InChI=1S/C26H20Cl2FNO6/c1-3-36-21-10-13(4-9-20(21)31)23-22(24(32)16-12-15(35-2)6-7-17(16)27)25(33)26(34)30(23)14-5-8-19(29)18(28)11-14/h4-12,23,31-32H,3H2,1-2H3/b24-22+. The highest BCUT2D eigenvalue weighted by atomic mass is 35.5. The number of nitrogens with zero attached hydrogens (tertiary/aromatic N) is 1. The van der Waals surface area contributed by atoms with E-state index in [0.717, 1.165) is 11.0 Å². The van der Waals surface area contributed by atoms with Gasteiger partial charge in [0.2, 0.25) is 0 Å². The number of carbonyl (C=O) groups excluding carboxylic acids is 2. The van der Waals surface area contributed by atoms with Gasteiger partial charge in [-0.15, -0.1) is 0 Å². The van der Waals surface area contributed by atoms with Crippen molar-refractivity contribution in [1.82, 2.24) is 0 Å². The molecule has 0 spiro atoms. The summed E-state index contributed by atoms with van der Waals surface area (Å²) in [6, 6.07) is 11.1. The van der Waals surface area contributed by atoms with E-state index in [1.54, 1.807) is 13.0 Å². The number of methoxy groups -OCH3 is 1. The number of phenols is 1. The molecular weight excluding hydrogens is 512 g/mol. The Morgan fingerprint density at radius 2 is 1.81 bits per heavy atom. The zero-order chi connectivity index (χ0) is 26.1. The van der Waals surface area contributed by atoms with E-state index in [1.807, 2.05) is 0 Å². The Bertz CT molecular complexity index is 1410. The van der Waals surface area contributed by atoms with Crippen molar-refractivity contribution in [3.63, 3.8) is 0 Å². The number of rotatable bonds is 6. The van der Waals surface area contributed by atoms with Crippen LogP contribution in [0.3, 0.4) is 0 Å². The van der Waals surface area contributed by atoms with Crippen LogP contribution in [0.4, 0.5) is 10.1 Å². The first kappa shape index (κ1) is 25.3. The van der Waals surface area contributed by atoms with Crippen LogP contribution in [-0.4, -0.2) is 35.6 Å². The Morgan fingerprint density at radius 3 is 2.47 bits per heavy atom. The summed E-state index contributed by atoms with van der Waals surface area (Å²) < 4.78 is 24.6. The minimum Gasteiger partial charge on any atom is -0.507 e. The van der Waals surface area contributed by atoms with Gasteiger partial charge < -0.3 is 19.7 Å². The number of ether oxygens (including phenoxy) is 2. The molecule has 1 saturated heterocycles. The number of aliphatic hydroxyl groups excluding tert-OH is 1. The van der Waals surface area contributed by atoms with Crippen LogP contribution in [0.25, 0.3) is 5.76 Å². The van der Waals surface area contributed by atoms with Gasteiger partial charge in [0.1, 0.15) is 17.3 Å². The second kappa shape index (κ2) is 10.1. The van der Waals surface area contributed by atoms with E-state index in [9.17, 15) is 24.2 Å². The molecule has 0 aliphatic carbocycles. The van der Waals surface area contributed by atoms with Crippen molar-refractivity contribution in [3.05, 3.63) is 87.2 Å². The molecule has 1 aliphatic rings. The van der Waals surface area contributed by atoms with Gasteiger partial charge >= 0.3 is 0 Å². The van der Waals surface area contributed by atoms with Gasteiger partial charge in [0.15, 0.2) is 11.5 Å². The maximum Gasteiger partial charge on any atom is 0.300 e. The number of hydrogen-bond donors (Lipinski definition) is 2. The lowest BCUT2D eigenvalue weighted by atomic mass is 9.94. The number of Topliss-reactive ketones (excluding diaryl/α,β-unsaturated/α-hetero) is 1. The molecule has 0 saturated carbocycles. The van der Waals surface area contributed by atoms with Crippen LogP contribution in [0.1, 0.15) is 24.1 Å². The number of aliphatic hydroxyl groups is 1. The van der Waals surface area contributed by atoms with Crippen LogP contribution in [0.5, 0.6) is 17.2 Å². The van der Waals surface area contributed by atoms with Crippen molar-refractivity contribution in [2.75, 3.05) is 18.6 Å². The maximum atomic E-state index is 13.9. The Labute approximate surface area is 215 Å². The molecule has 1 atom stereocenters. The fourth-order valence-electron chi connectivity index (χ4n) is 3.98. The van der Waals surface area contributed by atoms with Gasteiger partial charge in [0, 0.05) is 11.3 Å². The predicted octanol–water partition coefficient (Wildman–Crippen LogP) is 5.87. The van der Waals surface area contributed by atoms with Crippen molar-refractivity contribution in [1.29, 1.82) is 0 Å². The average molecular weight is 532 g/mol. The van der Waals surface area contributed by atoms with E-state index in [-0.39, 0.29) is 45.0 Å². The van der Waals surface area contributed by atoms with Crippen molar-refractivity contribution in [2.24, 2.45) is 0 Å². The molecule has 3 aromatic rings. The van der Waals surface area contributed by atoms with E-state index < -0.39 is 29.3 Å². The van der Waals surface area contributed by atoms with Crippen LogP contribution in [0.15, 0.2) is 60.2 Å². The maximum absolute atomic E-state index is 13.9. The zero-order valence-corrected chi connectivity index (χ0v) is 20.6. The van der Waals surface area contributed by atoms with Gasteiger partial charge in [0.25, 0.3) is 11.7 Å². The highest BCUT2D eigenvalue weighted by Gasteiger charge is 2.47. The number of benzene rings is 3. The highest BCUT2D eigenvalue weighted by Crippen LogP contribution is 2.45. The molecule has 2 N–H and O–H groups in total. The number of halogens is 3. The summed E-state index contributed by atoms with van der Waals surface area (Å²) in [7, 11) is 1.43. The third kappa shape index (κ3) is 4.45. The monoisotopic (exact) mass is 531 g/mol. The summed E-state index contributed by atoms with van der Waals surface area (Å²) in [6.07, 6.45) is 0. The third-order valence-corrected chi connectivity index (χ3v) is 6.27. The van der Waals surface area contributed by atoms with Gasteiger partial charge in [-0.3, -0.25) is 14.5 Å². The highest BCUT2D eigenvalue weighted by molar-refractivity contribution is 6.52. The van der Waals surface area contributed by atoms with Gasteiger partial charge in [0.05, 0.1) is 35.4 Å². The topological polar surface area (TPSA) is 96.3 Å². The molecule has 3 aromatic carbocycles. The van der Waals surface area contributed by atoms with Crippen molar-refractivity contribution >= 4 is 46.3 Å². The molecule has 4 rings (SSSR count). The van der Waals surface area contributed by atoms with Crippen LogP contribution >= 0.6 is 23.2 Å². The molecular formula is C26H20Cl2FNO6. The first-order valence-electron chi connectivity index (χ1n) is 10.7. The smallest absolute Gasteiger partial charge is 0.300 e. The molecule has 10 heteroatoms. The molecule has 1 heterocycles. The first-order valence-corrected chi connectivity index (χ1v) is 11.5. The molecule has 1 unspecified atom stereocenters. The normalized spacial score (nSPS) is 16.9. The van der Waals surface area contributed by atoms with Crippen LogP contribution in [-0.2, 0) is 9.59 Å². The number of aromatic hydroxyl groups is 1. The number of ketones is 1. The lowest BCUT2D eigenvalue weighted by Crippen LogP contribution is -2.29. The second-order valence-electron chi connectivity index (χ2n) is 7.77. The van der Waals surface area contributed by atoms with E-state index in [0.29, 0.717) is 11.3 Å². The van der Waals surface area contributed by atoms with E-state index >= 15 is 0 Å². The summed E-state index contributed by atoms with van der Waals surface area (Å²) in [5, 5.41) is 21.3. The largest absolute Gasteiger partial charge is 0.507 e. The molecule has 0 radical (unpaired) electrons. The zero-order valence-electron chi connectivity index (χ0n) is 19.1. The average Bonchev–Trinajstić information content (AvgIpc) is 3.12. The molecule has 1 amide bonds. The summed E-state index contributed by atoms with van der Waals surface area (Å²) in [4.78, 5) is 27.7. The minimum absolute atomic E-state index is 0.0694. The Kier molecular flexibility index (Phi) is 7.10. The molecule has 0 aromatic heterocycles. The number of carbonyl (C=O) groups is 2. The lowest BCUT2D eigenvalue weighted by molar-refractivity contribution is -0.132. The van der Waals surface area contributed by atoms with Gasteiger partial charge in [-0.1, -0.05) is 29.3 Å². The minimum atomic E-state index is -1.19. The van der Waals surface area contributed by atoms with E-state index in [1.165, 1.54) is 49.6 Å². The quantitative estimate of drug-likeness (QED) is 0.234. The van der Waals surface area contributed by atoms with Crippen LogP contribution in [0, 0.1) is 5.82 Å². The fourth-order valence-corrected chi connectivity index (χ4v) is 4.36. The van der Waals surface area contributed by atoms with Crippen molar-refractivity contribution in [3.8, 4) is 17.2 Å². The Balaban J connectivity index is 2.00. The van der Waals surface area contributed by atoms with Crippen LogP contribution < -0.4 is 14.4 Å². The molecule has 1 fully saturated rings. The SMILES string of the molecule is CCOc1cc(C2/C(=C(\O)c3cc(OC)ccc3Cl)C(=O)C(=O)N2c2ccc(F)c(Cl)c2)ccc1O. The molecule has 186 valence electrons. The molecule has 1 aliphatic heterocycles. The van der Waals surface area contributed by atoms with Crippen molar-refractivity contribution < 1.29 is 33.7 Å². The van der Waals surface area contributed by atoms with E-state index in [2.05, 4.69) is 0 Å². The number of hydrogen-bond acceptors (Lipinski definition) is 6. The molecule has 36 heavy (non-hydrogen) atoms. The Hall–Kier alpha value is -3.75. The van der Waals surface area contributed by atoms with Crippen LogP contribution in [0.2, 0.25) is 10.0 Å². The summed E-state index contributed by atoms with van der Waals surface area (Å²) in [5.41, 5.74) is 0.246. The third-order valence-electron chi connectivity index (χ3n) is 5.65. The predicted molar refractivity (Wildman–Crippen MR) is 133 cm³/mol. The second-order valence-corrected chi connectivity index (χ2v) is 8.59. The van der Waals surface area contributed by atoms with Gasteiger partial charge in [-0.2, -0.15) is 0 Å². The molecule has 0 bridgehead atoms. The molecule has 7 nitrogen and oxygen atoms in total.